The van der Waals surface area contributed by atoms with E-state index in [-0.39, 0.29) is 31.7 Å². The van der Waals surface area contributed by atoms with Crippen molar-refractivity contribution < 1.29 is 38.3 Å². The van der Waals surface area contributed by atoms with Crippen LogP contribution in [-0.2, 0) is 4.74 Å². The van der Waals surface area contributed by atoms with E-state index in [4.69, 9.17) is 33.2 Å². The largest absolute Gasteiger partial charge is 0.493 e. The molecule has 3 aliphatic rings. The van der Waals surface area contributed by atoms with Gasteiger partial charge in [-0.2, -0.15) is 0 Å². The normalized spacial score (nSPS) is 24.8. The second-order valence-electron chi connectivity index (χ2n) is 10.1. The van der Waals surface area contributed by atoms with Crippen LogP contribution < -0.4 is 28.4 Å². The van der Waals surface area contributed by atoms with E-state index in [1.807, 2.05) is 49.4 Å². The highest BCUT2D eigenvalue weighted by atomic mass is 16.7. The first kappa shape index (κ1) is 24.7. The Morgan fingerprint density at radius 1 is 0.737 bits per heavy atom. The lowest BCUT2D eigenvalue weighted by molar-refractivity contribution is 0.0285. The van der Waals surface area contributed by atoms with Crippen LogP contribution in [0, 0.1) is 11.8 Å². The SMILES string of the molecule is COc1cc([C@H]2O[C@@H](c3ccc4c(c3)OCO4)[C@@H](C)[C@H]2C)ccc1O[C@@H](C)[C@H](O)c1ccc2c(c1)OCO2. The number of methoxy groups -OCH3 is 1. The third-order valence-corrected chi connectivity index (χ3v) is 7.81. The van der Waals surface area contributed by atoms with Crippen LogP contribution in [0.5, 0.6) is 34.5 Å². The zero-order valence-corrected chi connectivity index (χ0v) is 21.9. The van der Waals surface area contributed by atoms with Crippen molar-refractivity contribution in [1.82, 2.24) is 0 Å². The van der Waals surface area contributed by atoms with Crippen LogP contribution in [0.1, 0.15) is 55.8 Å². The number of benzene rings is 3. The summed E-state index contributed by atoms with van der Waals surface area (Å²) in [4.78, 5) is 0. The number of fused-ring (bicyclic) bond motifs is 2. The van der Waals surface area contributed by atoms with Gasteiger partial charge < -0.3 is 38.3 Å². The molecule has 0 aromatic heterocycles. The molecule has 3 aromatic rings. The molecule has 3 heterocycles. The summed E-state index contributed by atoms with van der Waals surface area (Å²) in [7, 11) is 1.61. The van der Waals surface area contributed by atoms with Gasteiger partial charge in [-0.25, -0.2) is 0 Å². The van der Waals surface area contributed by atoms with Crippen molar-refractivity contribution in [3.63, 3.8) is 0 Å². The second kappa shape index (κ2) is 9.93. The Bertz CT molecular complexity index is 1320. The monoisotopic (exact) mass is 520 g/mol. The highest BCUT2D eigenvalue weighted by Crippen LogP contribution is 2.51. The molecule has 0 bridgehead atoms. The lowest BCUT2D eigenvalue weighted by atomic mass is 9.85. The third-order valence-electron chi connectivity index (χ3n) is 7.81. The minimum absolute atomic E-state index is 0.0664. The molecule has 0 unspecified atom stereocenters. The molecule has 38 heavy (non-hydrogen) atoms. The number of hydrogen-bond donors (Lipinski definition) is 1. The van der Waals surface area contributed by atoms with Gasteiger partial charge in [0.15, 0.2) is 34.5 Å². The lowest BCUT2D eigenvalue weighted by Gasteiger charge is -2.23. The van der Waals surface area contributed by atoms with Crippen LogP contribution in [-0.4, -0.2) is 31.9 Å². The van der Waals surface area contributed by atoms with Crippen LogP contribution in [0.15, 0.2) is 54.6 Å². The number of aliphatic hydroxyl groups is 1. The van der Waals surface area contributed by atoms with Gasteiger partial charge in [0.2, 0.25) is 13.6 Å². The number of rotatable bonds is 7. The maximum atomic E-state index is 10.9. The average molecular weight is 521 g/mol. The molecule has 3 aromatic carbocycles. The highest BCUT2D eigenvalue weighted by molar-refractivity contribution is 5.47. The third kappa shape index (κ3) is 4.37. The number of aliphatic hydroxyl groups excluding tert-OH is 1. The highest BCUT2D eigenvalue weighted by Gasteiger charge is 2.41. The molecule has 6 rings (SSSR count). The summed E-state index contributed by atoms with van der Waals surface area (Å²) < 4.78 is 40.3. The zero-order valence-electron chi connectivity index (χ0n) is 21.9. The molecule has 1 saturated heterocycles. The van der Waals surface area contributed by atoms with Crippen molar-refractivity contribution in [2.45, 2.75) is 45.2 Å². The van der Waals surface area contributed by atoms with Crippen molar-refractivity contribution in [1.29, 1.82) is 0 Å². The second-order valence-corrected chi connectivity index (χ2v) is 10.1. The predicted molar refractivity (Wildman–Crippen MR) is 138 cm³/mol. The maximum Gasteiger partial charge on any atom is 0.231 e. The standard InChI is InChI=1S/C30H32O8/c1-16-17(2)30(21-6-9-23-27(13-21)36-15-34-23)38-29(16)20-7-10-24(25(12-20)32-4)37-18(3)28(31)19-5-8-22-26(11-19)35-14-33-22/h5-13,16-18,28-31H,14-15H2,1-4H3/t16-,17+,18+,28+,29+,30-/m1/s1. The van der Waals surface area contributed by atoms with Crippen molar-refractivity contribution in [3.05, 3.63) is 71.3 Å². The zero-order chi connectivity index (χ0) is 26.4. The molecule has 1 fully saturated rings. The minimum atomic E-state index is -0.865. The van der Waals surface area contributed by atoms with Crippen LogP contribution in [0.2, 0.25) is 0 Å². The van der Waals surface area contributed by atoms with Crippen LogP contribution >= 0.6 is 0 Å². The molecule has 0 saturated carbocycles. The summed E-state index contributed by atoms with van der Waals surface area (Å²) in [5, 5.41) is 10.9. The molecule has 8 nitrogen and oxygen atoms in total. The summed E-state index contributed by atoms with van der Waals surface area (Å²) in [6, 6.07) is 17.3. The Labute approximate surface area is 221 Å². The Kier molecular flexibility index (Phi) is 6.45. The Hall–Kier alpha value is -3.62. The van der Waals surface area contributed by atoms with Crippen LogP contribution in [0.4, 0.5) is 0 Å². The van der Waals surface area contributed by atoms with Gasteiger partial charge in [-0.1, -0.05) is 32.0 Å². The van der Waals surface area contributed by atoms with E-state index in [9.17, 15) is 5.11 Å². The van der Waals surface area contributed by atoms with Gasteiger partial charge in [-0.3, -0.25) is 0 Å². The fourth-order valence-electron chi connectivity index (χ4n) is 5.40. The van der Waals surface area contributed by atoms with Gasteiger partial charge in [0.1, 0.15) is 12.2 Å². The summed E-state index contributed by atoms with van der Waals surface area (Å²) in [5.74, 6) is 4.52. The topological polar surface area (TPSA) is 84.8 Å². The van der Waals surface area contributed by atoms with Gasteiger partial charge in [-0.15, -0.1) is 0 Å². The van der Waals surface area contributed by atoms with E-state index in [2.05, 4.69) is 13.8 Å². The lowest BCUT2D eigenvalue weighted by Crippen LogP contribution is -2.22. The van der Waals surface area contributed by atoms with Crippen molar-refractivity contribution >= 4 is 0 Å². The van der Waals surface area contributed by atoms with Crippen molar-refractivity contribution in [3.8, 4) is 34.5 Å². The molecular formula is C30H32O8. The summed E-state index contributed by atoms with van der Waals surface area (Å²) in [6.45, 7) is 6.68. The molecule has 200 valence electrons. The maximum absolute atomic E-state index is 10.9. The fraction of sp³-hybridized carbons (Fsp3) is 0.400. The van der Waals surface area contributed by atoms with E-state index in [0.717, 1.165) is 22.6 Å². The summed E-state index contributed by atoms with van der Waals surface area (Å²) in [6.07, 6.45) is -1.58. The molecule has 8 heteroatoms. The first-order chi connectivity index (χ1) is 18.4. The smallest absolute Gasteiger partial charge is 0.231 e. The van der Waals surface area contributed by atoms with Gasteiger partial charge in [-0.05, 0) is 71.8 Å². The number of hydrogen-bond acceptors (Lipinski definition) is 8. The Morgan fingerprint density at radius 3 is 2.00 bits per heavy atom. The molecule has 0 amide bonds. The van der Waals surface area contributed by atoms with E-state index < -0.39 is 12.2 Å². The van der Waals surface area contributed by atoms with E-state index in [1.165, 1.54) is 0 Å². The summed E-state index contributed by atoms with van der Waals surface area (Å²) >= 11 is 0. The van der Waals surface area contributed by atoms with Crippen LogP contribution in [0.25, 0.3) is 0 Å². The quantitative estimate of drug-likeness (QED) is 0.422. The van der Waals surface area contributed by atoms with Gasteiger partial charge >= 0.3 is 0 Å². The molecule has 0 spiro atoms. The number of ether oxygens (including phenoxy) is 7. The van der Waals surface area contributed by atoms with Crippen molar-refractivity contribution in [2.24, 2.45) is 11.8 Å². The molecular weight excluding hydrogens is 488 g/mol. The fourth-order valence-corrected chi connectivity index (χ4v) is 5.40. The molecule has 3 aliphatic heterocycles. The van der Waals surface area contributed by atoms with Crippen LogP contribution in [0.3, 0.4) is 0 Å². The molecule has 6 atom stereocenters. The summed E-state index contributed by atoms with van der Waals surface area (Å²) in [5.41, 5.74) is 2.78. The Morgan fingerprint density at radius 2 is 1.32 bits per heavy atom. The predicted octanol–water partition coefficient (Wildman–Crippen LogP) is 5.74. The Balaban J connectivity index is 1.18. The first-order valence-electron chi connectivity index (χ1n) is 12.9. The van der Waals surface area contributed by atoms with E-state index >= 15 is 0 Å². The minimum Gasteiger partial charge on any atom is -0.493 e. The van der Waals surface area contributed by atoms with E-state index in [1.54, 1.807) is 19.2 Å². The van der Waals surface area contributed by atoms with Gasteiger partial charge in [0.05, 0.1) is 19.3 Å². The van der Waals surface area contributed by atoms with E-state index in [0.29, 0.717) is 34.5 Å². The molecule has 0 radical (unpaired) electrons. The molecule has 1 N–H and O–H groups in total. The van der Waals surface area contributed by atoms with Gasteiger partial charge in [0.25, 0.3) is 0 Å². The average Bonchev–Trinajstić information content (AvgIpc) is 3.67. The van der Waals surface area contributed by atoms with Gasteiger partial charge in [0, 0.05) is 0 Å². The van der Waals surface area contributed by atoms with Crippen molar-refractivity contribution in [2.75, 3.05) is 20.7 Å². The first-order valence-corrected chi connectivity index (χ1v) is 12.9. The molecule has 0 aliphatic carbocycles.